The number of hydrogen-bond donors (Lipinski definition) is 0. The van der Waals surface area contributed by atoms with E-state index in [1.54, 1.807) is 0 Å². The summed E-state index contributed by atoms with van der Waals surface area (Å²) in [6.45, 7) is 4.27. The standard InChI is InChI=1S/C10H16N2O/c1-8-7-11-10(13-8)9-3-5-12(2)6-4-9/h7,9H,3-6H2,1-2H3. The van der Waals surface area contributed by atoms with Crippen LogP contribution in [0.2, 0.25) is 0 Å². The summed E-state index contributed by atoms with van der Waals surface area (Å²) in [6.07, 6.45) is 4.17. The van der Waals surface area contributed by atoms with Gasteiger partial charge in [-0.3, -0.25) is 0 Å². The highest BCUT2D eigenvalue weighted by Gasteiger charge is 2.21. The van der Waals surface area contributed by atoms with Crippen LogP contribution < -0.4 is 0 Å². The molecule has 0 aliphatic carbocycles. The van der Waals surface area contributed by atoms with Crippen LogP contribution in [-0.4, -0.2) is 30.0 Å². The molecule has 72 valence electrons. The minimum atomic E-state index is 0.546. The van der Waals surface area contributed by atoms with E-state index in [1.807, 2.05) is 13.1 Å². The molecular formula is C10H16N2O. The van der Waals surface area contributed by atoms with Crippen molar-refractivity contribution < 1.29 is 4.42 Å². The van der Waals surface area contributed by atoms with Crippen LogP contribution in [0, 0.1) is 6.92 Å². The number of oxazole rings is 1. The second-order valence-electron chi connectivity index (χ2n) is 3.89. The molecule has 0 radical (unpaired) electrons. The van der Waals surface area contributed by atoms with Crippen molar-refractivity contribution >= 4 is 0 Å². The molecule has 13 heavy (non-hydrogen) atoms. The first-order valence-electron chi connectivity index (χ1n) is 4.86. The number of likely N-dealkylation sites (tertiary alicyclic amines) is 1. The highest BCUT2D eigenvalue weighted by Crippen LogP contribution is 2.26. The van der Waals surface area contributed by atoms with Crippen molar-refractivity contribution in [3.05, 3.63) is 17.8 Å². The smallest absolute Gasteiger partial charge is 0.197 e. The van der Waals surface area contributed by atoms with Gasteiger partial charge in [-0.15, -0.1) is 0 Å². The topological polar surface area (TPSA) is 29.3 Å². The second-order valence-corrected chi connectivity index (χ2v) is 3.89. The Morgan fingerprint density at radius 2 is 2.15 bits per heavy atom. The van der Waals surface area contributed by atoms with Gasteiger partial charge >= 0.3 is 0 Å². The van der Waals surface area contributed by atoms with E-state index in [0.29, 0.717) is 5.92 Å². The van der Waals surface area contributed by atoms with Crippen molar-refractivity contribution in [3.63, 3.8) is 0 Å². The minimum Gasteiger partial charge on any atom is -0.446 e. The molecule has 1 saturated heterocycles. The van der Waals surface area contributed by atoms with Crippen LogP contribution >= 0.6 is 0 Å². The molecule has 3 heteroatoms. The van der Waals surface area contributed by atoms with E-state index in [0.717, 1.165) is 24.7 Å². The van der Waals surface area contributed by atoms with Gasteiger partial charge in [-0.2, -0.15) is 0 Å². The normalized spacial score (nSPS) is 20.8. The summed E-state index contributed by atoms with van der Waals surface area (Å²) < 4.78 is 5.53. The summed E-state index contributed by atoms with van der Waals surface area (Å²) in [5.74, 6) is 2.41. The summed E-state index contributed by atoms with van der Waals surface area (Å²) in [6, 6.07) is 0. The molecule has 1 aliphatic rings. The molecule has 0 amide bonds. The summed E-state index contributed by atoms with van der Waals surface area (Å²) in [5, 5.41) is 0. The SMILES string of the molecule is Cc1cnc(C2CCN(C)CC2)o1. The third-order valence-corrected chi connectivity index (χ3v) is 2.71. The fourth-order valence-electron chi connectivity index (χ4n) is 1.82. The molecule has 2 rings (SSSR count). The fraction of sp³-hybridized carbons (Fsp3) is 0.700. The average molecular weight is 180 g/mol. The summed E-state index contributed by atoms with van der Waals surface area (Å²) >= 11 is 0. The zero-order chi connectivity index (χ0) is 9.26. The molecule has 0 aromatic carbocycles. The van der Waals surface area contributed by atoms with Crippen LogP contribution in [0.4, 0.5) is 0 Å². The lowest BCUT2D eigenvalue weighted by Gasteiger charge is -2.26. The third-order valence-electron chi connectivity index (χ3n) is 2.71. The van der Waals surface area contributed by atoms with E-state index in [-0.39, 0.29) is 0 Å². The van der Waals surface area contributed by atoms with Crippen LogP contribution in [0.5, 0.6) is 0 Å². The summed E-state index contributed by atoms with van der Waals surface area (Å²) in [5.41, 5.74) is 0. The van der Waals surface area contributed by atoms with E-state index in [1.165, 1.54) is 12.8 Å². The minimum absolute atomic E-state index is 0.546. The summed E-state index contributed by atoms with van der Waals surface area (Å²) in [7, 11) is 2.16. The lowest BCUT2D eigenvalue weighted by molar-refractivity contribution is 0.236. The molecule has 1 aromatic rings. The molecule has 2 heterocycles. The number of hydrogen-bond acceptors (Lipinski definition) is 3. The Labute approximate surface area is 78.8 Å². The molecular weight excluding hydrogens is 164 g/mol. The number of aromatic nitrogens is 1. The molecule has 0 N–H and O–H groups in total. The highest BCUT2D eigenvalue weighted by molar-refractivity contribution is 4.98. The van der Waals surface area contributed by atoms with Gasteiger partial charge in [0.15, 0.2) is 5.89 Å². The van der Waals surface area contributed by atoms with Crippen LogP contribution in [0.15, 0.2) is 10.6 Å². The first-order chi connectivity index (χ1) is 6.25. The van der Waals surface area contributed by atoms with Crippen molar-refractivity contribution in [2.75, 3.05) is 20.1 Å². The average Bonchev–Trinajstić information content (AvgIpc) is 2.53. The fourth-order valence-corrected chi connectivity index (χ4v) is 1.82. The zero-order valence-corrected chi connectivity index (χ0v) is 8.29. The zero-order valence-electron chi connectivity index (χ0n) is 8.29. The van der Waals surface area contributed by atoms with Crippen molar-refractivity contribution in [1.82, 2.24) is 9.88 Å². The Bertz CT molecular complexity index is 274. The molecule has 0 unspecified atom stereocenters. The van der Waals surface area contributed by atoms with Crippen LogP contribution in [0.25, 0.3) is 0 Å². The van der Waals surface area contributed by atoms with Crippen molar-refractivity contribution in [3.8, 4) is 0 Å². The number of nitrogens with zero attached hydrogens (tertiary/aromatic N) is 2. The number of piperidine rings is 1. The van der Waals surface area contributed by atoms with Gasteiger partial charge in [0.1, 0.15) is 5.76 Å². The molecule has 0 bridgehead atoms. The third kappa shape index (κ3) is 1.91. The van der Waals surface area contributed by atoms with Gasteiger partial charge in [-0.1, -0.05) is 0 Å². The van der Waals surface area contributed by atoms with E-state index >= 15 is 0 Å². The van der Waals surface area contributed by atoms with E-state index in [9.17, 15) is 0 Å². The highest BCUT2D eigenvalue weighted by atomic mass is 16.4. The van der Waals surface area contributed by atoms with Crippen molar-refractivity contribution in [2.24, 2.45) is 0 Å². The summed E-state index contributed by atoms with van der Waals surface area (Å²) in [4.78, 5) is 6.63. The van der Waals surface area contributed by atoms with Gasteiger partial charge < -0.3 is 9.32 Å². The Morgan fingerprint density at radius 3 is 2.69 bits per heavy atom. The maximum Gasteiger partial charge on any atom is 0.197 e. The molecule has 3 nitrogen and oxygen atoms in total. The van der Waals surface area contributed by atoms with Gasteiger partial charge in [0.05, 0.1) is 6.20 Å². The lowest BCUT2D eigenvalue weighted by Crippen LogP contribution is -2.29. The van der Waals surface area contributed by atoms with E-state index in [2.05, 4.69) is 16.9 Å². The molecule has 1 aliphatic heterocycles. The lowest BCUT2D eigenvalue weighted by atomic mass is 9.97. The van der Waals surface area contributed by atoms with Gasteiger partial charge in [0.2, 0.25) is 0 Å². The molecule has 1 aromatic heterocycles. The second kappa shape index (κ2) is 3.50. The Kier molecular flexibility index (Phi) is 2.36. The largest absolute Gasteiger partial charge is 0.446 e. The number of rotatable bonds is 1. The van der Waals surface area contributed by atoms with Gasteiger partial charge in [0.25, 0.3) is 0 Å². The predicted molar refractivity (Wildman–Crippen MR) is 50.7 cm³/mol. The van der Waals surface area contributed by atoms with E-state index < -0.39 is 0 Å². The molecule has 0 atom stereocenters. The number of aryl methyl sites for hydroxylation is 1. The first kappa shape index (κ1) is 8.75. The molecule has 1 fully saturated rings. The van der Waals surface area contributed by atoms with Crippen LogP contribution in [0.3, 0.4) is 0 Å². The van der Waals surface area contributed by atoms with Crippen molar-refractivity contribution in [2.45, 2.75) is 25.7 Å². The van der Waals surface area contributed by atoms with Crippen molar-refractivity contribution in [1.29, 1.82) is 0 Å². The van der Waals surface area contributed by atoms with E-state index in [4.69, 9.17) is 4.42 Å². The van der Waals surface area contributed by atoms with Gasteiger partial charge in [0, 0.05) is 5.92 Å². The maximum atomic E-state index is 5.53. The van der Waals surface area contributed by atoms with Crippen LogP contribution in [-0.2, 0) is 0 Å². The predicted octanol–water partition coefficient (Wildman–Crippen LogP) is 1.79. The van der Waals surface area contributed by atoms with Gasteiger partial charge in [-0.25, -0.2) is 4.98 Å². The maximum absolute atomic E-state index is 5.53. The Hall–Kier alpha value is -0.830. The first-order valence-corrected chi connectivity index (χ1v) is 4.86. The van der Waals surface area contributed by atoms with Gasteiger partial charge in [-0.05, 0) is 39.9 Å². The monoisotopic (exact) mass is 180 g/mol. The van der Waals surface area contributed by atoms with Crippen LogP contribution in [0.1, 0.15) is 30.4 Å². The molecule has 0 saturated carbocycles. The molecule has 0 spiro atoms. The Balaban J connectivity index is 2.02. The Morgan fingerprint density at radius 1 is 1.46 bits per heavy atom. The quantitative estimate of drug-likeness (QED) is 0.660.